The van der Waals surface area contributed by atoms with Crippen molar-refractivity contribution >= 4 is 52.6 Å². The number of halogens is 1. The van der Waals surface area contributed by atoms with Gasteiger partial charge in [0.25, 0.3) is 0 Å². The van der Waals surface area contributed by atoms with Gasteiger partial charge in [0, 0.05) is 50.1 Å². The Kier molecular flexibility index (Phi) is 11.4. The summed E-state index contributed by atoms with van der Waals surface area (Å²) in [4.78, 5) is 17.3. The van der Waals surface area contributed by atoms with Gasteiger partial charge in [0.15, 0.2) is 5.96 Å². The van der Waals surface area contributed by atoms with Crippen LogP contribution in [-0.4, -0.2) is 48.1 Å². The molecule has 6 nitrogen and oxygen atoms in total. The van der Waals surface area contributed by atoms with Gasteiger partial charge in [-0.25, -0.2) is 9.97 Å². The first-order valence-corrected chi connectivity index (χ1v) is 10.7. The van der Waals surface area contributed by atoms with E-state index in [1.165, 1.54) is 4.88 Å². The van der Waals surface area contributed by atoms with Crippen LogP contribution in [0.4, 0.5) is 0 Å². The van der Waals surface area contributed by atoms with E-state index < -0.39 is 0 Å². The minimum atomic E-state index is 0. The van der Waals surface area contributed by atoms with E-state index in [1.807, 2.05) is 20.2 Å². The highest BCUT2D eigenvalue weighted by Gasteiger charge is 2.12. The van der Waals surface area contributed by atoms with Crippen LogP contribution in [-0.2, 0) is 24.1 Å². The lowest BCUT2D eigenvalue weighted by Gasteiger charge is -2.21. The molecule has 2 aromatic rings. The summed E-state index contributed by atoms with van der Waals surface area (Å²) < 4.78 is 5.34. The van der Waals surface area contributed by atoms with Gasteiger partial charge in [-0.3, -0.25) is 4.99 Å². The number of ether oxygens (including phenoxy) is 1. The number of aliphatic imine (C=N–C) groups is 1. The Hall–Kier alpha value is -0.780. The number of guanidine groups is 1. The Balaban J connectivity index is 0.00000364. The minimum Gasteiger partial charge on any atom is -0.375 e. The summed E-state index contributed by atoms with van der Waals surface area (Å²) in [6.45, 7) is 8.54. The van der Waals surface area contributed by atoms with Crippen molar-refractivity contribution in [3.8, 4) is 0 Å². The van der Waals surface area contributed by atoms with Crippen molar-refractivity contribution in [1.82, 2.24) is 20.2 Å². The summed E-state index contributed by atoms with van der Waals surface area (Å²) in [6, 6.07) is 0. The van der Waals surface area contributed by atoms with Crippen LogP contribution in [0, 0.1) is 0 Å². The fourth-order valence-electron chi connectivity index (χ4n) is 2.35. The van der Waals surface area contributed by atoms with E-state index >= 15 is 0 Å². The van der Waals surface area contributed by atoms with Crippen LogP contribution in [0.15, 0.2) is 16.6 Å². The maximum atomic E-state index is 5.34. The van der Waals surface area contributed by atoms with Gasteiger partial charge in [-0.05, 0) is 20.3 Å². The number of hydrogen-bond donors (Lipinski definition) is 1. The number of nitrogens with zero attached hydrogens (tertiary/aromatic N) is 4. The lowest BCUT2D eigenvalue weighted by molar-refractivity contribution is 0.119. The van der Waals surface area contributed by atoms with Crippen LogP contribution in [0.5, 0.6) is 0 Å². The molecule has 0 spiro atoms. The van der Waals surface area contributed by atoms with E-state index in [0.717, 1.165) is 54.1 Å². The van der Waals surface area contributed by atoms with Crippen LogP contribution in [0.1, 0.15) is 47.5 Å². The number of methoxy groups -OCH3 is 1. The molecule has 0 aliphatic rings. The third-order valence-electron chi connectivity index (χ3n) is 3.90. The normalized spacial score (nSPS) is 12.6. The zero-order valence-electron chi connectivity index (χ0n) is 16.7. The van der Waals surface area contributed by atoms with Crippen LogP contribution in [0.3, 0.4) is 0 Å². The SMILES string of the molecule is CCNC(=NCCc1ncc(CC)s1)N(C)Cc1csc(C(C)OC)n1.I. The van der Waals surface area contributed by atoms with E-state index in [0.29, 0.717) is 0 Å². The lowest BCUT2D eigenvalue weighted by atomic mass is 10.4. The number of aromatic nitrogens is 2. The molecule has 1 N–H and O–H groups in total. The van der Waals surface area contributed by atoms with E-state index in [1.54, 1.807) is 29.8 Å². The Morgan fingerprint density at radius 3 is 2.81 bits per heavy atom. The number of thiazole rings is 2. The molecule has 152 valence electrons. The van der Waals surface area contributed by atoms with Gasteiger partial charge in [0.1, 0.15) is 11.1 Å². The monoisotopic (exact) mass is 523 g/mol. The Morgan fingerprint density at radius 1 is 1.41 bits per heavy atom. The third kappa shape index (κ3) is 7.63. The van der Waals surface area contributed by atoms with Crippen molar-refractivity contribution in [3.63, 3.8) is 0 Å². The highest BCUT2D eigenvalue weighted by atomic mass is 127. The van der Waals surface area contributed by atoms with Crippen LogP contribution in [0.2, 0.25) is 0 Å². The molecule has 0 saturated heterocycles. The highest BCUT2D eigenvalue weighted by molar-refractivity contribution is 14.0. The Bertz CT molecular complexity index is 703. The molecule has 0 radical (unpaired) electrons. The van der Waals surface area contributed by atoms with Gasteiger partial charge in [0.05, 0.1) is 17.2 Å². The first-order valence-electron chi connectivity index (χ1n) is 8.97. The fraction of sp³-hybridized carbons (Fsp3) is 0.611. The van der Waals surface area contributed by atoms with Crippen LogP contribution < -0.4 is 5.32 Å². The van der Waals surface area contributed by atoms with Crippen molar-refractivity contribution in [2.24, 2.45) is 4.99 Å². The summed E-state index contributed by atoms with van der Waals surface area (Å²) in [5, 5.41) is 7.61. The topological polar surface area (TPSA) is 62.6 Å². The van der Waals surface area contributed by atoms with Gasteiger partial charge in [-0.2, -0.15) is 0 Å². The van der Waals surface area contributed by atoms with Crippen molar-refractivity contribution in [2.45, 2.75) is 46.3 Å². The van der Waals surface area contributed by atoms with Gasteiger partial charge >= 0.3 is 0 Å². The number of hydrogen-bond acceptors (Lipinski definition) is 6. The fourth-order valence-corrected chi connectivity index (χ4v) is 4.05. The number of nitrogens with one attached hydrogen (secondary N) is 1. The molecule has 2 rings (SSSR count). The molecule has 9 heteroatoms. The van der Waals surface area contributed by atoms with E-state index in [9.17, 15) is 0 Å². The maximum absolute atomic E-state index is 5.34. The van der Waals surface area contributed by atoms with Gasteiger partial charge in [-0.15, -0.1) is 46.7 Å². The molecule has 0 bridgehead atoms. The molecule has 0 aliphatic carbocycles. The minimum absolute atomic E-state index is 0. The van der Waals surface area contributed by atoms with Crippen molar-refractivity contribution in [1.29, 1.82) is 0 Å². The van der Waals surface area contributed by atoms with E-state index in [-0.39, 0.29) is 30.1 Å². The quantitative estimate of drug-likeness (QED) is 0.304. The van der Waals surface area contributed by atoms with Crippen molar-refractivity contribution in [3.05, 3.63) is 32.2 Å². The molecule has 27 heavy (non-hydrogen) atoms. The molecule has 2 aromatic heterocycles. The summed E-state index contributed by atoms with van der Waals surface area (Å²) >= 11 is 3.42. The summed E-state index contributed by atoms with van der Waals surface area (Å²) in [5.41, 5.74) is 1.04. The second-order valence-corrected chi connectivity index (χ2v) is 8.06. The van der Waals surface area contributed by atoms with E-state index in [4.69, 9.17) is 9.73 Å². The zero-order chi connectivity index (χ0) is 18.9. The molecule has 0 amide bonds. The molecule has 2 heterocycles. The Labute approximate surface area is 187 Å². The first-order chi connectivity index (χ1) is 12.6. The standard InChI is InChI=1S/C18H29N5OS2.HI/c1-6-15-10-21-16(26-15)8-9-20-18(19-7-2)23(4)11-14-12-25-17(22-14)13(3)24-5;/h10,12-13H,6-9,11H2,1-5H3,(H,19,20);1H. The average Bonchev–Trinajstić information content (AvgIpc) is 3.29. The molecular formula is C18H30IN5OS2. The zero-order valence-corrected chi connectivity index (χ0v) is 20.7. The van der Waals surface area contributed by atoms with Gasteiger partial charge in [-0.1, -0.05) is 6.92 Å². The van der Waals surface area contributed by atoms with Crippen LogP contribution >= 0.6 is 46.7 Å². The first kappa shape index (κ1) is 24.3. The predicted molar refractivity (Wildman–Crippen MR) is 126 cm³/mol. The molecule has 1 atom stereocenters. The molecule has 0 aromatic carbocycles. The van der Waals surface area contributed by atoms with Crippen LogP contribution in [0.25, 0.3) is 0 Å². The Morgan fingerprint density at radius 2 is 2.19 bits per heavy atom. The van der Waals surface area contributed by atoms with E-state index in [2.05, 4.69) is 39.4 Å². The second-order valence-electron chi connectivity index (χ2n) is 5.97. The largest absolute Gasteiger partial charge is 0.375 e. The van der Waals surface area contributed by atoms with Crippen molar-refractivity contribution in [2.75, 3.05) is 27.2 Å². The van der Waals surface area contributed by atoms with Gasteiger partial charge in [0.2, 0.25) is 0 Å². The summed E-state index contributed by atoms with van der Waals surface area (Å²) in [7, 11) is 3.75. The molecule has 1 unspecified atom stereocenters. The molecule has 0 aliphatic heterocycles. The third-order valence-corrected chi connectivity index (χ3v) is 6.16. The molecule has 0 saturated carbocycles. The summed E-state index contributed by atoms with van der Waals surface area (Å²) in [5.74, 6) is 0.897. The molecule has 0 fully saturated rings. The highest BCUT2D eigenvalue weighted by Crippen LogP contribution is 2.21. The number of rotatable bonds is 9. The predicted octanol–water partition coefficient (Wildman–Crippen LogP) is 4.13. The maximum Gasteiger partial charge on any atom is 0.194 e. The average molecular weight is 524 g/mol. The second kappa shape index (κ2) is 12.6. The molecular weight excluding hydrogens is 493 g/mol. The smallest absolute Gasteiger partial charge is 0.194 e. The lowest BCUT2D eigenvalue weighted by Crippen LogP contribution is -2.38. The summed E-state index contributed by atoms with van der Waals surface area (Å²) in [6.07, 6.45) is 3.93. The van der Waals surface area contributed by atoms with Crippen molar-refractivity contribution < 1.29 is 4.74 Å². The number of aryl methyl sites for hydroxylation is 1. The van der Waals surface area contributed by atoms with Gasteiger partial charge < -0.3 is 15.0 Å².